The van der Waals surface area contributed by atoms with E-state index in [2.05, 4.69) is 50.1 Å². The van der Waals surface area contributed by atoms with Crippen molar-refractivity contribution in [3.8, 4) is 11.3 Å². The normalized spacial score (nSPS) is 15.4. The van der Waals surface area contributed by atoms with Crippen molar-refractivity contribution >= 4 is 58.4 Å². The Morgan fingerprint density at radius 1 is 1.06 bits per heavy atom. The topological polar surface area (TPSA) is 53.5 Å². The van der Waals surface area contributed by atoms with Gasteiger partial charge in [-0.1, -0.05) is 17.7 Å². The van der Waals surface area contributed by atoms with Gasteiger partial charge in [0.2, 0.25) is 10.0 Å². The minimum atomic E-state index is -4.22. The van der Waals surface area contributed by atoms with Crippen LogP contribution in [0.1, 0.15) is 11.1 Å². The van der Waals surface area contributed by atoms with Gasteiger partial charge < -0.3 is 4.90 Å². The molecule has 2 aromatic carbocycles. The molecule has 0 saturated carbocycles. The molecule has 0 atom stereocenters. The first-order chi connectivity index (χ1) is 15.1. The van der Waals surface area contributed by atoms with Crippen LogP contribution in [-0.2, 0) is 10.0 Å². The highest BCUT2D eigenvalue weighted by atomic mass is 79.9. The minimum Gasteiger partial charge on any atom is -0.345 e. The molecule has 2 heterocycles. The molecule has 11 heteroatoms. The highest BCUT2D eigenvalue weighted by molar-refractivity contribution is 9.11. The highest BCUT2D eigenvalue weighted by Crippen LogP contribution is 2.35. The third-order valence-electron chi connectivity index (χ3n) is 5.34. The predicted octanol–water partition coefficient (Wildman–Crippen LogP) is 5.74. The third-order valence-corrected chi connectivity index (χ3v) is 9.80. The van der Waals surface area contributed by atoms with Crippen LogP contribution in [0.5, 0.6) is 0 Å². The van der Waals surface area contributed by atoms with Crippen molar-refractivity contribution in [1.29, 1.82) is 0 Å². The summed E-state index contributed by atoms with van der Waals surface area (Å²) in [6, 6.07) is 7.12. The van der Waals surface area contributed by atoms with Crippen LogP contribution < -0.4 is 4.90 Å². The molecule has 0 radical (unpaired) electrons. The van der Waals surface area contributed by atoms with Crippen molar-refractivity contribution in [2.75, 3.05) is 31.1 Å². The van der Waals surface area contributed by atoms with Crippen molar-refractivity contribution in [2.45, 2.75) is 18.7 Å². The van der Waals surface area contributed by atoms with E-state index in [0.717, 1.165) is 33.6 Å². The number of hydrogen-bond donors (Lipinski definition) is 0. The third kappa shape index (κ3) is 4.37. The van der Waals surface area contributed by atoms with Crippen LogP contribution in [-0.4, -0.2) is 43.9 Å². The summed E-state index contributed by atoms with van der Waals surface area (Å²) < 4.78 is 55.3. The number of rotatable bonds is 4. The Morgan fingerprint density at radius 2 is 1.75 bits per heavy atom. The Morgan fingerprint density at radius 3 is 2.44 bits per heavy atom. The fourth-order valence-electron chi connectivity index (χ4n) is 3.57. The maximum absolute atomic E-state index is 14.6. The lowest BCUT2D eigenvalue weighted by Gasteiger charge is -2.34. The van der Waals surface area contributed by atoms with Crippen molar-refractivity contribution in [3.63, 3.8) is 0 Å². The zero-order chi connectivity index (χ0) is 23.2. The maximum atomic E-state index is 14.6. The summed E-state index contributed by atoms with van der Waals surface area (Å²) in [6.45, 7) is 5.15. The predicted molar refractivity (Wildman–Crippen MR) is 130 cm³/mol. The van der Waals surface area contributed by atoms with E-state index in [4.69, 9.17) is 4.98 Å². The fourth-order valence-corrected chi connectivity index (χ4v) is 7.45. The maximum Gasteiger partial charge on any atom is 0.247 e. The fraction of sp³-hybridized carbons (Fsp3) is 0.286. The largest absolute Gasteiger partial charge is 0.345 e. The first-order valence-corrected chi connectivity index (χ1v) is 13.6. The molecular weight excluding hydrogens is 588 g/mol. The smallest absolute Gasteiger partial charge is 0.247 e. The van der Waals surface area contributed by atoms with Crippen molar-refractivity contribution in [2.24, 2.45) is 0 Å². The molecule has 32 heavy (non-hydrogen) atoms. The molecule has 1 fully saturated rings. The molecule has 4 rings (SSSR count). The summed E-state index contributed by atoms with van der Waals surface area (Å²) in [6.07, 6.45) is 0. The van der Waals surface area contributed by atoms with E-state index in [-0.39, 0.29) is 17.6 Å². The molecule has 1 aliphatic heterocycles. The molecule has 0 spiro atoms. The Hall–Kier alpha value is -1.40. The standard InChI is InChI=1S/C21H19Br2F2N3O2S2/c1-12-3-4-13(2)14(9-12)17-11-31-21(26-17)27-5-7-28(8-6-27)32(29,30)20-18(23)16(24)10-15(22)19(20)25/h3-4,9-11H,5-8H2,1-2H3. The van der Waals surface area contributed by atoms with Gasteiger partial charge in [-0.3, -0.25) is 0 Å². The first-order valence-electron chi connectivity index (χ1n) is 9.71. The molecule has 0 bridgehead atoms. The van der Waals surface area contributed by atoms with Gasteiger partial charge in [0, 0.05) is 37.1 Å². The lowest BCUT2D eigenvalue weighted by molar-refractivity contribution is 0.381. The van der Waals surface area contributed by atoms with Crippen LogP contribution in [0.3, 0.4) is 0 Å². The van der Waals surface area contributed by atoms with Gasteiger partial charge >= 0.3 is 0 Å². The van der Waals surface area contributed by atoms with Crippen LogP contribution in [0.25, 0.3) is 11.3 Å². The second-order valence-electron chi connectivity index (χ2n) is 7.52. The number of aromatic nitrogens is 1. The quantitative estimate of drug-likeness (QED) is 0.355. The van der Waals surface area contributed by atoms with Crippen molar-refractivity contribution < 1.29 is 17.2 Å². The van der Waals surface area contributed by atoms with Crippen LogP contribution >= 0.6 is 43.2 Å². The number of sulfonamides is 1. The summed E-state index contributed by atoms with van der Waals surface area (Å²) >= 11 is 7.28. The van der Waals surface area contributed by atoms with Crippen LogP contribution in [0.2, 0.25) is 0 Å². The number of piperazine rings is 1. The molecule has 1 aromatic heterocycles. The summed E-state index contributed by atoms with van der Waals surface area (Å²) in [4.78, 5) is 6.08. The number of hydrogen-bond acceptors (Lipinski definition) is 5. The lowest BCUT2D eigenvalue weighted by Crippen LogP contribution is -2.48. The van der Waals surface area contributed by atoms with Gasteiger partial charge in [-0.05, 0) is 63.4 Å². The zero-order valence-corrected chi connectivity index (χ0v) is 22.0. The van der Waals surface area contributed by atoms with Gasteiger partial charge in [0.05, 0.1) is 14.6 Å². The van der Waals surface area contributed by atoms with Crippen LogP contribution in [0.15, 0.2) is 43.5 Å². The van der Waals surface area contributed by atoms with E-state index in [1.807, 2.05) is 24.1 Å². The van der Waals surface area contributed by atoms with Gasteiger partial charge in [-0.2, -0.15) is 4.31 Å². The molecule has 0 unspecified atom stereocenters. The highest BCUT2D eigenvalue weighted by Gasteiger charge is 2.35. The molecular formula is C21H19Br2F2N3O2S2. The van der Waals surface area contributed by atoms with E-state index < -0.39 is 31.0 Å². The Kier molecular flexibility index (Phi) is 6.75. The van der Waals surface area contributed by atoms with E-state index >= 15 is 0 Å². The summed E-state index contributed by atoms with van der Waals surface area (Å²) in [7, 11) is -4.22. The lowest BCUT2D eigenvalue weighted by atomic mass is 10.0. The number of nitrogens with zero attached hydrogens (tertiary/aromatic N) is 3. The number of aryl methyl sites for hydroxylation is 2. The van der Waals surface area contributed by atoms with Crippen molar-refractivity contribution in [1.82, 2.24) is 9.29 Å². The van der Waals surface area contributed by atoms with E-state index in [9.17, 15) is 17.2 Å². The van der Waals surface area contributed by atoms with Gasteiger partial charge in [0.15, 0.2) is 10.9 Å². The van der Waals surface area contributed by atoms with Gasteiger partial charge in [-0.15, -0.1) is 11.3 Å². The Balaban J connectivity index is 1.53. The molecule has 1 aliphatic rings. The molecule has 1 saturated heterocycles. The second kappa shape index (κ2) is 9.09. The number of thiazole rings is 1. The van der Waals surface area contributed by atoms with Crippen LogP contribution in [0.4, 0.5) is 13.9 Å². The number of anilines is 1. The Bertz CT molecular complexity index is 1260. The first kappa shape index (κ1) is 23.7. The SMILES string of the molecule is Cc1ccc(C)c(-c2csc(N3CCN(S(=O)(=O)c4c(F)c(Br)cc(F)c4Br)CC3)n2)c1. The molecule has 0 N–H and O–H groups in total. The van der Waals surface area contributed by atoms with Gasteiger partial charge in [0.25, 0.3) is 0 Å². The Labute approximate surface area is 206 Å². The van der Waals surface area contributed by atoms with Crippen molar-refractivity contribution in [3.05, 3.63) is 61.4 Å². The molecule has 3 aromatic rings. The second-order valence-corrected chi connectivity index (χ2v) is 11.9. The van der Waals surface area contributed by atoms with Crippen LogP contribution in [0, 0.1) is 25.5 Å². The van der Waals surface area contributed by atoms with E-state index in [1.165, 1.54) is 15.6 Å². The molecule has 5 nitrogen and oxygen atoms in total. The van der Waals surface area contributed by atoms with Gasteiger partial charge in [0.1, 0.15) is 10.7 Å². The van der Waals surface area contributed by atoms with Gasteiger partial charge in [-0.25, -0.2) is 22.2 Å². The summed E-state index contributed by atoms with van der Waals surface area (Å²) in [5, 5.41) is 2.80. The van der Waals surface area contributed by atoms with E-state index in [0.29, 0.717) is 13.1 Å². The average molecular weight is 607 g/mol. The summed E-state index contributed by atoms with van der Waals surface area (Å²) in [5.41, 5.74) is 4.25. The average Bonchev–Trinajstić information content (AvgIpc) is 3.24. The monoisotopic (exact) mass is 605 g/mol. The minimum absolute atomic E-state index is 0.140. The number of halogens is 4. The molecule has 0 amide bonds. The van der Waals surface area contributed by atoms with E-state index in [1.54, 1.807) is 0 Å². The molecule has 170 valence electrons. The number of benzene rings is 2. The molecule has 0 aliphatic carbocycles. The zero-order valence-electron chi connectivity index (χ0n) is 17.2. The summed E-state index contributed by atoms with van der Waals surface area (Å²) in [5.74, 6) is -1.86.